The molecule has 3 atom stereocenters. The highest BCUT2D eigenvalue weighted by Crippen LogP contribution is 2.26. The molecule has 1 aliphatic carbocycles. The van der Waals surface area contributed by atoms with Crippen LogP contribution in [0, 0.1) is 5.92 Å². The topological polar surface area (TPSA) is 102 Å². The molecule has 116 valence electrons. The number of piperazine rings is 1. The van der Waals surface area contributed by atoms with Crippen molar-refractivity contribution in [1.29, 1.82) is 0 Å². The molecule has 0 aromatic heterocycles. The van der Waals surface area contributed by atoms with E-state index in [1.807, 2.05) is 0 Å². The van der Waals surface area contributed by atoms with Gasteiger partial charge in [0.1, 0.15) is 0 Å². The van der Waals surface area contributed by atoms with Crippen molar-refractivity contribution in [3.8, 4) is 0 Å². The lowest BCUT2D eigenvalue weighted by molar-refractivity contribution is -0.142. The lowest BCUT2D eigenvalue weighted by Gasteiger charge is -2.37. The van der Waals surface area contributed by atoms with Crippen LogP contribution in [0.2, 0.25) is 0 Å². The summed E-state index contributed by atoms with van der Waals surface area (Å²) >= 11 is 0. The molecule has 3 fully saturated rings. The van der Waals surface area contributed by atoms with Gasteiger partial charge in [-0.1, -0.05) is 6.42 Å². The van der Waals surface area contributed by atoms with E-state index in [0.29, 0.717) is 39.0 Å². The second-order valence-electron chi connectivity index (χ2n) is 5.91. The molecule has 1 saturated carbocycles. The van der Waals surface area contributed by atoms with Gasteiger partial charge in [-0.3, -0.25) is 4.79 Å². The van der Waals surface area contributed by atoms with Gasteiger partial charge in [0.05, 0.1) is 12.0 Å². The van der Waals surface area contributed by atoms with Gasteiger partial charge in [0.25, 0.3) is 0 Å². The summed E-state index contributed by atoms with van der Waals surface area (Å²) in [5, 5.41) is 14.8. The van der Waals surface area contributed by atoms with Gasteiger partial charge in [0.15, 0.2) is 0 Å². The highest BCUT2D eigenvalue weighted by Gasteiger charge is 2.39. The standard InChI is InChI=1S/C13H20N4O4/c18-11(19)9-2-1-3-10(9)15-13(21)16-4-5-17-8(7-16)6-14-12(17)20/h8-10H,1-7H2,(H,14,20)(H,15,21)(H,18,19). The van der Waals surface area contributed by atoms with Crippen molar-refractivity contribution in [2.24, 2.45) is 5.92 Å². The van der Waals surface area contributed by atoms with Crippen LogP contribution < -0.4 is 10.6 Å². The number of nitrogens with one attached hydrogen (secondary N) is 2. The monoisotopic (exact) mass is 296 g/mol. The van der Waals surface area contributed by atoms with Gasteiger partial charge in [-0.2, -0.15) is 0 Å². The van der Waals surface area contributed by atoms with Gasteiger partial charge >= 0.3 is 18.0 Å². The summed E-state index contributed by atoms with van der Waals surface area (Å²) in [4.78, 5) is 38.4. The third-order valence-corrected chi connectivity index (χ3v) is 4.66. The van der Waals surface area contributed by atoms with Crippen molar-refractivity contribution in [2.75, 3.05) is 26.2 Å². The largest absolute Gasteiger partial charge is 0.481 e. The predicted octanol–water partition coefficient (Wildman–Crippen LogP) is -0.341. The highest BCUT2D eigenvalue weighted by atomic mass is 16.4. The smallest absolute Gasteiger partial charge is 0.317 e. The summed E-state index contributed by atoms with van der Waals surface area (Å²) in [6, 6.07) is -0.541. The van der Waals surface area contributed by atoms with Crippen LogP contribution in [0.5, 0.6) is 0 Å². The summed E-state index contributed by atoms with van der Waals surface area (Å²) in [5.41, 5.74) is 0. The Morgan fingerprint density at radius 1 is 1.29 bits per heavy atom. The molecule has 0 bridgehead atoms. The predicted molar refractivity (Wildman–Crippen MR) is 72.8 cm³/mol. The second-order valence-corrected chi connectivity index (χ2v) is 5.91. The first-order valence-corrected chi connectivity index (χ1v) is 7.39. The third kappa shape index (κ3) is 2.62. The molecule has 8 heteroatoms. The summed E-state index contributed by atoms with van der Waals surface area (Å²) in [7, 11) is 0. The quantitative estimate of drug-likeness (QED) is 0.648. The average Bonchev–Trinajstić information content (AvgIpc) is 3.06. The van der Waals surface area contributed by atoms with Gasteiger partial charge in [-0.05, 0) is 12.8 Å². The van der Waals surface area contributed by atoms with Crippen molar-refractivity contribution >= 4 is 18.0 Å². The van der Waals surface area contributed by atoms with Crippen LogP contribution in [-0.2, 0) is 4.79 Å². The average molecular weight is 296 g/mol. The van der Waals surface area contributed by atoms with E-state index in [-0.39, 0.29) is 24.1 Å². The molecular formula is C13H20N4O4. The second kappa shape index (κ2) is 5.42. The lowest BCUT2D eigenvalue weighted by atomic mass is 10.0. The molecule has 3 rings (SSSR count). The number of carbonyl (C=O) groups is 3. The van der Waals surface area contributed by atoms with Crippen LogP contribution in [0.15, 0.2) is 0 Å². The van der Waals surface area contributed by atoms with Crippen LogP contribution in [-0.4, -0.2) is 71.2 Å². The molecule has 0 aromatic carbocycles. The maximum absolute atomic E-state index is 12.3. The molecule has 4 amide bonds. The van der Waals surface area contributed by atoms with Crippen LogP contribution in [0.25, 0.3) is 0 Å². The molecule has 2 heterocycles. The number of hydrogen-bond donors (Lipinski definition) is 3. The van der Waals surface area contributed by atoms with Crippen molar-refractivity contribution in [3.05, 3.63) is 0 Å². The number of nitrogens with zero attached hydrogens (tertiary/aromatic N) is 2. The van der Waals surface area contributed by atoms with E-state index in [0.717, 1.165) is 6.42 Å². The van der Waals surface area contributed by atoms with Crippen LogP contribution >= 0.6 is 0 Å². The Balaban J connectivity index is 1.56. The molecule has 0 radical (unpaired) electrons. The third-order valence-electron chi connectivity index (χ3n) is 4.66. The van der Waals surface area contributed by atoms with E-state index in [2.05, 4.69) is 10.6 Å². The molecule has 21 heavy (non-hydrogen) atoms. The number of urea groups is 2. The Morgan fingerprint density at radius 2 is 2.10 bits per heavy atom. The summed E-state index contributed by atoms with van der Waals surface area (Å²) < 4.78 is 0. The fourth-order valence-electron chi connectivity index (χ4n) is 3.47. The Labute approximate surface area is 122 Å². The normalized spacial score (nSPS) is 31.8. The zero-order valence-corrected chi connectivity index (χ0v) is 11.7. The van der Waals surface area contributed by atoms with Crippen molar-refractivity contribution < 1.29 is 19.5 Å². The Hall–Kier alpha value is -1.99. The number of hydrogen-bond acceptors (Lipinski definition) is 3. The van der Waals surface area contributed by atoms with Gasteiger partial charge in [-0.25, -0.2) is 9.59 Å². The van der Waals surface area contributed by atoms with Crippen molar-refractivity contribution in [1.82, 2.24) is 20.4 Å². The Bertz CT molecular complexity index is 469. The SMILES string of the molecule is O=C(O)C1CCCC1NC(=O)N1CCN2C(=O)NCC2C1. The number of carboxylic acids is 1. The fourth-order valence-corrected chi connectivity index (χ4v) is 3.47. The lowest BCUT2D eigenvalue weighted by Crippen LogP contribution is -2.57. The maximum atomic E-state index is 12.3. The number of carbonyl (C=O) groups excluding carboxylic acids is 2. The van der Waals surface area contributed by atoms with E-state index >= 15 is 0 Å². The minimum absolute atomic E-state index is 0.0239. The van der Waals surface area contributed by atoms with Crippen LogP contribution in [0.4, 0.5) is 9.59 Å². The minimum Gasteiger partial charge on any atom is -0.481 e. The van der Waals surface area contributed by atoms with Crippen LogP contribution in [0.3, 0.4) is 0 Å². The molecule has 0 spiro atoms. The van der Waals surface area contributed by atoms with Crippen molar-refractivity contribution in [3.63, 3.8) is 0 Å². The summed E-state index contributed by atoms with van der Waals surface area (Å²) in [5.74, 6) is -1.32. The summed E-state index contributed by atoms with van der Waals surface area (Å²) in [6.07, 6.45) is 2.16. The minimum atomic E-state index is -0.840. The summed E-state index contributed by atoms with van der Waals surface area (Å²) in [6.45, 7) is 2.07. The molecule has 2 aliphatic heterocycles. The first-order valence-electron chi connectivity index (χ1n) is 7.39. The molecule has 3 N–H and O–H groups in total. The molecule has 2 saturated heterocycles. The van der Waals surface area contributed by atoms with Gasteiger partial charge in [0, 0.05) is 32.2 Å². The van der Waals surface area contributed by atoms with Crippen LogP contribution in [0.1, 0.15) is 19.3 Å². The Morgan fingerprint density at radius 3 is 2.86 bits per heavy atom. The van der Waals surface area contributed by atoms with Gasteiger partial charge in [0.2, 0.25) is 0 Å². The number of carboxylic acid groups (broad SMARTS) is 1. The highest BCUT2D eigenvalue weighted by molar-refractivity contribution is 5.79. The number of rotatable bonds is 2. The first kappa shape index (κ1) is 14.0. The van der Waals surface area contributed by atoms with E-state index < -0.39 is 11.9 Å². The molecule has 3 unspecified atom stereocenters. The van der Waals surface area contributed by atoms with E-state index in [9.17, 15) is 14.4 Å². The van der Waals surface area contributed by atoms with E-state index in [4.69, 9.17) is 5.11 Å². The fraction of sp³-hybridized carbons (Fsp3) is 0.769. The zero-order valence-electron chi connectivity index (χ0n) is 11.7. The Kier molecular flexibility index (Phi) is 3.60. The first-order chi connectivity index (χ1) is 10.1. The molecule has 0 aromatic rings. The maximum Gasteiger partial charge on any atom is 0.317 e. The van der Waals surface area contributed by atoms with E-state index in [1.165, 1.54) is 0 Å². The molecule has 3 aliphatic rings. The molecular weight excluding hydrogens is 276 g/mol. The van der Waals surface area contributed by atoms with E-state index in [1.54, 1.807) is 9.80 Å². The van der Waals surface area contributed by atoms with Crippen molar-refractivity contribution in [2.45, 2.75) is 31.3 Å². The van der Waals surface area contributed by atoms with Gasteiger partial charge < -0.3 is 25.5 Å². The number of aliphatic carboxylic acids is 1. The molecule has 8 nitrogen and oxygen atoms in total. The number of fused-ring (bicyclic) bond motifs is 1. The number of amides is 4. The zero-order chi connectivity index (χ0) is 15.0. The van der Waals surface area contributed by atoms with Gasteiger partial charge in [-0.15, -0.1) is 0 Å².